The molecule has 0 bridgehead atoms. The molecule has 5 heteroatoms. The molecule has 0 aliphatic carbocycles. The summed E-state index contributed by atoms with van der Waals surface area (Å²) in [5.74, 6) is 0.246. The first-order valence-electron chi connectivity index (χ1n) is 11.1. The van der Waals surface area contributed by atoms with E-state index in [4.69, 9.17) is 0 Å². The summed E-state index contributed by atoms with van der Waals surface area (Å²) in [5.41, 5.74) is 4.49. The van der Waals surface area contributed by atoms with Crippen LogP contribution in [0.5, 0.6) is 0 Å². The zero-order valence-electron chi connectivity index (χ0n) is 18.3. The van der Waals surface area contributed by atoms with E-state index in [-0.39, 0.29) is 23.9 Å². The van der Waals surface area contributed by atoms with Gasteiger partial charge in [0.15, 0.2) is 0 Å². The minimum atomic E-state index is -0.228. The zero-order valence-corrected chi connectivity index (χ0v) is 18.3. The number of anilines is 1. The molecule has 3 amide bonds. The highest BCUT2D eigenvalue weighted by Crippen LogP contribution is 2.27. The van der Waals surface area contributed by atoms with Gasteiger partial charge in [-0.3, -0.25) is 4.79 Å². The lowest BCUT2D eigenvalue weighted by Gasteiger charge is -2.20. The predicted octanol–water partition coefficient (Wildman–Crippen LogP) is 4.62. The van der Waals surface area contributed by atoms with Crippen molar-refractivity contribution in [1.82, 2.24) is 10.6 Å². The van der Waals surface area contributed by atoms with Gasteiger partial charge in [0, 0.05) is 31.1 Å². The Bertz CT molecular complexity index is 996. The molecule has 0 unspecified atom stereocenters. The Labute approximate surface area is 189 Å². The van der Waals surface area contributed by atoms with Crippen molar-refractivity contribution in [2.45, 2.75) is 31.7 Å². The van der Waals surface area contributed by atoms with Gasteiger partial charge in [-0.1, -0.05) is 78.4 Å². The van der Waals surface area contributed by atoms with Crippen LogP contribution in [0, 0.1) is 6.92 Å². The largest absolute Gasteiger partial charge is 0.338 e. The van der Waals surface area contributed by atoms with Crippen molar-refractivity contribution in [3.8, 4) is 0 Å². The summed E-state index contributed by atoms with van der Waals surface area (Å²) in [4.78, 5) is 26.7. The number of nitrogens with zero attached hydrogens (tertiary/aromatic N) is 1. The van der Waals surface area contributed by atoms with Gasteiger partial charge in [-0.25, -0.2) is 4.79 Å². The second-order valence-electron chi connectivity index (χ2n) is 8.30. The number of rotatable bonds is 7. The average Bonchev–Trinajstić information content (AvgIpc) is 3.18. The molecule has 164 valence electrons. The van der Waals surface area contributed by atoms with Crippen LogP contribution in [0.25, 0.3) is 0 Å². The molecule has 1 aliphatic heterocycles. The summed E-state index contributed by atoms with van der Waals surface area (Å²) in [6.45, 7) is 3.05. The third kappa shape index (κ3) is 5.35. The summed E-state index contributed by atoms with van der Waals surface area (Å²) in [6, 6.07) is 28.2. The molecule has 1 heterocycles. The third-order valence-electron chi connectivity index (χ3n) is 5.93. The minimum absolute atomic E-state index is 0.0346. The summed E-state index contributed by atoms with van der Waals surface area (Å²) in [6.07, 6.45) is 1.11. The summed E-state index contributed by atoms with van der Waals surface area (Å²) >= 11 is 0. The summed E-state index contributed by atoms with van der Waals surface area (Å²) in [7, 11) is 0. The fourth-order valence-corrected chi connectivity index (χ4v) is 4.24. The van der Waals surface area contributed by atoms with Gasteiger partial charge in [-0.05, 0) is 36.6 Å². The molecule has 0 spiro atoms. The Morgan fingerprint density at radius 3 is 2.12 bits per heavy atom. The zero-order chi connectivity index (χ0) is 22.3. The van der Waals surface area contributed by atoms with Gasteiger partial charge >= 0.3 is 6.03 Å². The van der Waals surface area contributed by atoms with Crippen LogP contribution >= 0.6 is 0 Å². The number of nitrogens with one attached hydrogen (secondary N) is 2. The molecule has 32 heavy (non-hydrogen) atoms. The van der Waals surface area contributed by atoms with E-state index in [0.29, 0.717) is 19.5 Å². The normalized spacial score (nSPS) is 15.8. The van der Waals surface area contributed by atoms with Crippen molar-refractivity contribution in [2.75, 3.05) is 18.0 Å². The molecule has 4 rings (SSSR count). The lowest BCUT2D eigenvalue weighted by Crippen LogP contribution is -2.43. The number of carbonyl (C=O) groups is 2. The Morgan fingerprint density at radius 1 is 0.938 bits per heavy atom. The van der Waals surface area contributed by atoms with Crippen molar-refractivity contribution in [3.63, 3.8) is 0 Å². The third-order valence-corrected chi connectivity index (χ3v) is 5.93. The van der Waals surface area contributed by atoms with E-state index < -0.39 is 0 Å². The van der Waals surface area contributed by atoms with Gasteiger partial charge in [0.05, 0.1) is 6.04 Å². The van der Waals surface area contributed by atoms with E-state index in [1.54, 1.807) is 4.90 Å². The highest BCUT2D eigenvalue weighted by atomic mass is 16.2. The number of urea groups is 1. The van der Waals surface area contributed by atoms with Crippen molar-refractivity contribution < 1.29 is 9.59 Å². The number of hydrogen-bond donors (Lipinski definition) is 2. The second-order valence-corrected chi connectivity index (χ2v) is 8.30. The van der Waals surface area contributed by atoms with Crippen LogP contribution in [0.15, 0.2) is 84.9 Å². The van der Waals surface area contributed by atoms with Crippen LogP contribution < -0.4 is 15.5 Å². The van der Waals surface area contributed by atoms with E-state index in [1.165, 1.54) is 11.1 Å². The van der Waals surface area contributed by atoms with Crippen LogP contribution in [0.4, 0.5) is 10.5 Å². The number of hydrogen-bond acceptors (Lipinski definition) is 2. The van der Waals surface area contributed by atoms with Gasteiger partial charge in [-0.2, -0.15) is 0 Å². The Hall–Kier alpha value is -3.60. The molecule has 1 fully saturated rings. The molecule has 0 aromatic heterocycles. The first-order valence-corrected chi connectivity index (χ1v) is 11.1. The molecule has 0 saturated carbocycles. The first-order chi connectivity index (χ1) is 15.6. The lowest BCUT2D eigenvalue weighted by atomic mass is 9.88. The second kappa shape index (κ2) is 10.1. The van der Waals surface area contributed by atoms with E-state index in [0.717, 1.165) is 17.7 Å². The van der Waals surface area contributed by atoms with Gasteiger partial charge in [0.2, 0.25) is 5.91 Å². The number of amides is 3. The van der Waals surface area contributed by atoms with Gasteiger partial charge in [0.25, 0.3) is 0 Å². The van der Waals surface area contributed by atoms with Gasteiger partial charge < -0.3 is 15.5 Å². The predicted molar refractivity (Wildman–Crippen MR) is 128 cm³/mol. The molecule has 1 saturated heterocycles. The monoisotopic (exact) mass is 427 g/mol. The standard InChI is InChI=1S/C27H29N3O2/c1-20-12-14-24(15-13-20)30-19-23(18-26(30)31)29-27(32)28-17-16-25(21-8-4-2-5-9-21)22-10-6-3-7-11-22/h2-15,23,25H,16-19H2,1H3,(H2,28,29,32)/t23-/m0/s1. The van der Waals surface area contributed by atoms with Crippen molar-refractivity contribution >= 4 is 17.6 Å². The van der Waals surface area contributed by atoms with Gasteiger partial charge in [-0.15, -0.1) is 0 Å². The fourth-order valence-electron chi connectivity index (χ4n) is 4.24. The maximum atomic E-state index is 12.5. The molecule has 2 N–H and O–H groups in total. The SMILES string of the molecule is Cc1ccc(N2C[C@@H](NC(=O)NCCC(c3ccccc3)c3ccccc3)CC2=O)cc1. The molecule has 5 nitrogen and oxygen atoms in total. The van der Waals surface area contributed by atoms with Crippen LogP contribution in [0.2, 0.25) is 0 Å². The topological polar surface area (TPSA) is 61.4 Å². The average molecular weight is 428 g/mol. The highest BCUT2D eigenvalue weighted by Gasteiger charge is 2.31. The van der Waals surface area contributed by atoms with Crippen LogP contribution in [0.3, 0.4) is 0 Å². The van der Waals surface area contributed by atoms with Crippen LogP contribution in [-0.4, -0.2) is 31.1 Å². The summed E-state index contributed by atoms with van der Waals surface area (Å²) in [5, 5.41) is 5.94. The Balaban J connectivity index is 1.30. The van der Waals surface area contributed by atoms with E-state index >= 15 is 0 Å². The Morgan fingerprint density at radius 2 is 1.53 bits per heavy atom. The molecule has 1 atom stereocenters. The highest BCUT2D eigenvalue weighted by molar-refractivity contribution is 5.96. The molecule has 1 aliphatic rings. The molecular formula is C27H29N3O2. The van der Waals surface area contributed by atoms with Crippen molar-refractivity contribution in [2.24, 2.45) is 0 Å². The van der Waals surface area contributed by atoms with Crippen molar-refractivity contribution in [3.05, 3.63) is 102 Å². The van der Waals surface area contributed by atoms with Crippen LogP contribution in [0.1, 0.15) is 35.4 Å². The first kappa shape index (κ1) is 21.6. The smallest absolute Gasteiger partial charge is 0.315 e. The quantitative estimate of drug-likeness (QED) is 0.578. The number of benzene rings is 3. The molecule has 0 radical (unpaired) electrons. The maximum absolute atomic E-state index is 12.5. The Kier molecular flexibility index (Phi) is 6.85. The minimum Gasteiger partial charge on any atom is -0.338 e. The lowest BCUT2D eigenvalue weighted by molar-refractivity contribution is -0.117. The van der Waals surface area contributed by atoms with E-state index in [2.05, 4.69) is 34.9 Å². The van der Waals surface area contributed by atoms with Crippen LogP contribution in [-0.2, 0) is 4.79 Å². The van der Waals surface area contributed by atoms with Gasteiger partial charge in [0.1, 0.15) is 0 Å². The molecule has 3 aromatic carbocycles. The molecular weight excluding hydrogens is 398 g/mol. The number of carbonyl (C=O) groups excluding carboxylic acids is 2. The van der Waals surface area contributed by atoms with E-state index in [1.807, 2.05) is 67.6 Å². The molecule has 3 aromatic rings. The van der Waals surface area contributed by atoms with E-state index in [9.17, 15) is 9.59 Å². The number of aryl methyl sites for hydroxylation is 1. The summed E-state index contributed by atoms with van der Waals surface area (Å²) < 4.78 is 0. The fraction of sp³-hybridized carbons (Fsp3) is 0.259. The maximum Gasteiger partial charge on any atom is 0.315 e. The van der Waals surface area contributed by atoms with Crippen molar-refractivity contribution in [1.29, 1.82) is 0 Å².